The number of carbonyl (C=O) groups excluding carboxylic acids is 2. The Labute approximate surface area is 121 Å². The lowest BCUT2D eigenvalue weighted by Crippen LogP contribution is -2.31. The molecule has 0 aliphatic carbocycles. The molecular formula is C13H16ClNO3S. The average Bonchev–Trinajstić information content (AvgIpc) is 2.39. The number of carbonyl (C=O) groups is 2. The van der Waals surface area contributed by atoms with E-state index in [9.17, 15) is 9.59 Å². The molecule has 0 saturated heterocycles. The van der Waals surface area contributed by atoms with Gasteiger partial charge in [-0.05, 0) is 24.6 Å². The van der Waals surface area contributed by atoms with E-state index in [1.807, 2.05) is 24.3 Å². The minimum Gasteiger partial charge on any atom is -0.465 e. The van der Waals surface area contributed by atoms with E-state index < -0.39 is 5.97 Å². The van der Waals surface area contributed by atoms with Gasteiger partial charge in [0.05, 0.1) is 12.4 Å². The summed E-state index contributed by atoms with van der Waals surface area (Å²) in [5.74, 6) is 0.442. The first-order valence-electron chi connectivity index (χ1n) is 5.86. The molecule has 1 amide bonds. The highest BCUT2D eigenvalue weighted by molar-refractivity contribution is 7.99. The van der Waals surface area contributed by atoms with E-state index in [1.54, 1.807) is 6.92 Å². The van der Waals surface area contributed by atoms with E-state index in [2.05, 4.69) is 5.32 Å². The molecule has 0 aliphatic heterocycles. The fourth-order valence-corrected chi connectivity index (χ4v) is 2.22. The SMILES string of the molecule is CCOC(=O)CNC(=O)CSCc1ccc(Cl)cc1. The highest BCUT2D eigenvalue weighted by atomic mass is 35.5. The van der Waals surface area contributed by atoms with Gasteiger partial charge in [-0.2, -0.15) is 0 Å². The number of amides is 1. The molecule has 1 aromatic carbocycles. The first-order valence-corrected chi connectivity index (χ1v) is 7.39. The topological polar surface area (TPSA) is 55.4 Å². The Kier molecular flexibility index (Phi) is 7.36. The van der Waals surface area contributed by atoms with Crippen LogP contribution in [0.5, 0.6) is 0 Å². The van der Waals surface area contributed by atoms with Crippen LogP contribution in [0.2, 0.25) is 5.02 Å². The minimum atomic E-state index is -0.418. The predicted molar refractivity (Wildman–Crippen MR) is 77.3 cm³/mol. The minimum absolute atomic E-state index is 0.0752. The summed E-state index contributed by atoms with van der Waals surface area (Å²) in [6, 6.07) is 7.48. The molecule has 0 spiro atoms. The number of halogens is 1. The van der Waals surface area contributed by atoms with Gasteiger partial charge in [-0.25, -0.2) is 0 Å². The Bertz CT molecular complexity index is 422. The number of benzene rings is 1. The van der Waals surface area contributed by atoms with Crippen LogP contribution in [0, 0.1) is 0 Å². The summed E-state index contributed by atoms with van der Waals surface area (Å²) in [5, 5.41) is 3.20. The van der Waals surface area contributed by atoms with Crippen LogP contribution < -0.4 is 5.32 Å². The van der Waals surface area contributed by atoms with Gasteiger partial charge in [-0.15, -0.1) is 11.8 Å². The maximum Gasteiger partial charge on any atom is 0.325 e. The third kappa shape index (κ3) is 7.08. The molecule has 1 aromatic rings. The summed E-state index contributed by atoms with van der Waals surface area (Å²) in [5.41, 5.74) is 1.10. The molecule has 0 fully saturated rings. The van der Waals surface area contributed by atoms with Gasteiger partial charge in [-0.3, -0.25) is 9.59 Å². The van der Waals surface area contributed by atoms with Crippen LogP contribution in [-0.4, -0.2) is 30.8 Å². The molecule has 104 valence electrons. The normalized spacial score (nSPS) is 10.0. The van der Waals surface area contributed by atoms with E-state index >= 15 is 0 Å². The molecule has 19 heavy (non-hydrogen) atoms. The van der Waals surface area contributed by atoms with E-state index in [0.29, 0.717) is 17.4 Å². The highest BCUT2D eigenvalue weighted by Crippen LogP contribution is 2.15. The second-order valence-corrected chi connectivity index (χ2v) is 5.12. The van der Waals surface area contributed by atoms with Gasteiger partial charge in [0.25, 0.3) is 0 Å². The summed E-state index contributed by atoms with van der Waals surface area (Å²) in [4.78, 5) is 22.5. The summed E-state index contributed by atoms with van der Waals surface area (Å²) in [6.07, 6.45) is 0. The number of ether oxygens (including phenoxy) is 1. The zero-order valence-electron chi connectivity index (χ0n) is 10.6. The maximum atomic E-state index is 11.4. The van der Waals surface area contributed by atoms with Crippen LogP contribution in [0.4, 0.5) is 0 Å². The molecule has 1 rings (SSSR count). The Balaban J connectivity index is 2.16. The molecule has 0 heterocycles. The van der Waals surface area contributed by atoms with E-state index in [-0.39, 0.29) is 12.5 Å². The van der Waals surface area contributed by atoms with Crippen molar-refractivity contribution in [3.05, 3.63) is 34.9 Å². The Morgan fingerprint density at radius 2 is 2.00 bits per heavy atom. The van der Waals surface area contributed by atoms with Crippen LogP contribution in [-0.2, 0) is 20.1 Å². The van der Waals surface area contributed by atoms with Crippen molar-refractivity contribution in [1.82, 2.24) is 5.32 Å². The summed E-state index contributed by atoms with van der Waals surface area (Å²) in [6.45, 7) is 1.97. The molecule has 0 aliphatic rings. The number of thioether (sulfide) groups is 1. The quantitative estimate of drug-likeness (QED) is 0.785. The fraction of sp³-hybridized carbons (Fsp3) is 0.385. The molecule has 0 atom stereocenters. The van der Waals surface area contributed by atoms with Crippen molar-refractivity contribution in [2.45, 2.75) is 12.7 Å². The number of hydrogen-bond acceptors (Lipinski definition) is 4. The summed E-state index contributed by atoms with van der Waals surface area (Å²) >= 11 is 7.26. The fourth-order valence-electron chi connectivity index (χ4n) is 1.28. The third-order valence-electron chi connectivity index (χ3n) is 2.15. The lowest BCUT2D eigenvalue weighted by atomic mass is 10.2. The molecule has 0 bridgehead atoms. The summed E-state index contributed by atoms with van der Waals surface area (Å²) < 4.78 is 4.70. The molecule has 6 heteroatoms. The van der Waals surface area contributed by atoms with Crippen molar-refractivity contribution in [3.63, 3.8) is 0 Å². The molecule has 4 nitrogen and oxygen atoms in total. The molecule has 0 aromatic heterocycles. The van der Waals surface area contributed by atoms with Crippen molar-refractivity contribution in [2.75, 3.05) is 18.9 Å². The monoisotopic (exact) mass is 301 g/mol. The molecule has 0 radical (unpaired) electrons. The molecule has 1 N–H and O–H groups in total. The first-order chi connectivity index (χ1) is 9.11. The van der Waals surface area contributed by atoms with Crippen LogP contribution in [0.3, 0.4) is 0 Å². The van der Waals surface area contributed by atoms with Crippen molar-refractivity contribution in [3.8, 4) is 0 Å². The van der Waals surface area contributed by atoms with Crippen molar-refractivity contribution >= 4 is 35.2 Å². The zero-order valence-corrected chi connectivity index (χ0v) is 12.2. The molecular weight excluding hydrogens is 286 g/mol. The van der Waals surface area contributed by atoms with Crippen LogP contribution in [0.25, 0.3) is 0 Å². The zero-order chi connectivity index (χ0) is 14.1. The van der Waals surface area contributed by atoms with Crippen LogP contribution >= 0.6 is 23.4 Å². The van der Waals surface area contributed by atoms with Gasteiger partial charge >= 0.3 is 5.97 Å². The van der Waals surface area contributed by atoms with E-state index in [4.69, 9.17) is 16.3 Å². The molecule has 0 unspecified atom stereocenters. The maximum absolute atomic E-state index is 11.4. The standard InChI is InChI=1S/C13H16ClNO3S/c1-2-18-13(17)7-15-12(16)9-19-8-10-3-5-11(14)6-4-10/h3-6H,2,7-9H2,1H3,(H,15,16). The Hall–Kier alpha value is -1.20. The average molecular weight is 302 g/mol. The van der Waals surface area contributed by atoms with Crippen molar-refractivity contribution < 1.29 is 14.3 Å². The second-order valence-electron chi connectivity index (χ2n) is 3.70. The van der Waals surface area contributed by atoms with E-state index in [0.717, 1.165) is 11.3 Å². The van der Waals surface area contributed by atoms with Crippen LogP contribution in [0.1, 0.15) is 12.5 Å². The van der Waals surface area contributed by atoms with E-state index in [1.165, 1.54) is 11.8 Å². The number of nitrogens with one attached hydrogen (secondary N) is 1. The van der Waals surface area contributed by atoms with Gasteiger partial charge in [-0.1, -0.05) is 23.7 Å². The molecule has 0 saturated carbocycles. The van der Waals surface area contributed by atoms with Gasteiger partial charge in [0, 0.05) is 10.8 Å². The van der Waals surface area contributed by atoms with Crippen molar-refractivity contribution in [1.29, 1.82) is 0 Å². The smallest absolute Gasteiger partial charge is 0.325 e. The number of hydrogen-bond donors (Lipinski definition) is 1. The largest absolute Gasteiger partial charge is 0.465 e. The van der Waals surface area contributed by atoms with Crippen LogP contribution in [0.15, 0.2) is 24.3 Å². The third-order valence-corrected chi connectivity index (χ3v) is 3.41. The van der Waals surface area contributed by atoms with Gasteiger partial charge in [0.1, 0.15) is 6.54 Å². The van der Waals surface area contributed by atoms with Gasteiger partial charge in [0.15, 0.2) is 0 Å². The summed E-state index contributed by atoms with van der Waals surface area (Å²) in [7, 11) is 0. The van der Waals surface area contributed by atoms with Crippen molar-refractivity contribution in [2.24, 2.45) is 0 Å². The van der Waals surface area contributed by atoms with Gasteiger partial charge in [0.2, 0.25) is 5.91 Å². The Morgan fingerprint density at radius 3 is 2.63 bits per heavy atom. The lowest BCUT2D eigenvalue weighted by Gasteiger charge is -2.05. The number of rotatable bonds is 7. The second kappa shape index (κ2) is 8.82. The Morgan fingerprint density at radius 1 is 1.32 bits per heavy atom. The highest BCUT2D eigenvalue weighted by Gasteiger charge is 2.06. The lowest BCUT2D eigenvalue weighted by molar-refractivity contribution is -0.143. The predicted octanol–water partition coefficient (Wildman–Crippen LogP) is 2.25. The number of esters is 1. The first kappa shape index (κ1) is 15.9. The van der Waals surface area contributed by atoms with Gasteiger partial charge < -0.3 is 10.1 Å².